The molecule has 14 heteroatoms. The van der Waals surface area contributed by atoms with E-state index in [1.807, 2.05) is 0 Å². The molecular weight excluding hydrogens is 488 g/mol. The van der Waals surface area contributed by atoms with Gasteiger partial charge in [-0.25, -0.2) is 38.7 Å². The number of ether oxygens (including phenoxy) is 3. The van der Waals surface area contributed by atoms with E-state index in [1.54, 1.807) is 38.6 Å². The number of carbonyl (C=O) groups excluding carboxylic acids is 4. The van der Waals surface area contributed by atoms with E-state index in [1.165, 1.54) is 45.1 Å². The summed E-state index contributed by atoms with van der Waals surface area (Å²) < 4.78 is 17.9. The van der Waals surface area contributed by atoms with Crippen molar-refractivity contribution in [3.8, 4) is 0 Å². The zero-order chi connectivity index (χ0) is 27.6. The van der Waals surface area contributed by atoms with Crippen molar-refractivity contribution in [2.75, 3.05) is 26.4 Å². The monoisotopic (exact) mass is 516 g/mol. The molecule has 0 spiro atoms. The van der Waals surface area contributed by atoms with Gasteiger partial charge in [0.15, 0.2) is 0 Å². The number of imidazole rings is 3. The second-order valence-electron chi connectivity index (χ2n) is 6.86. The predicted octanol–water partition coefficient (Wildman–Crippen LogP) is 1.68. The largest absolute Gasteiger partial charge is 0.460 e. The van der Waals surface area contributed by atoms with Gasteiger partial charge in [-0.2, -0.15) is 0 Å². The first-order valence-electron chi connectivity index (χ1n) is 10.6. The van der Waals surface area contributed by atoms with Crippen molar-refractivity contribution in [1.29, 1.82) is 0 Å². The third kappa shape index (κ3) is 11.9. The minimum Gasteiger partial charge on any atom is -0.460 e. The van der Waals surface area contributed by atoms with Crippen LogP contribution >= 0.6 is 0 Å². The quantitative estimate of drug-likeness (QED) is 0.210. The van der Waals surface area contributed by atoms with Gasteiger partial charge in [-0.05, 0) is 13.8 Å². The Bertz CT molecular complexity index is 1100. The molecule has 3 aromatic rings. The van der Waals surface area contributed by atoms with Crippen LogP contribution in [0.3, 0.4) is 0 Å². The summed E-state index contributed by atoms with van der Waals surface area (Å²) in [6, 6.07) is -0.190. The average Bonchev–Trinajstić information content (AvgIpc) is 3.68. The summed E-state index contributed by atoms with van der Waals surface area (Å²) in [6.07, 6.45) is 12.8. The van der Waals surface area contributed by atoms with E-state index in [-0.39, 0.29) is 32.5 Å². The molecule has 0 radical (unpaired) electrons. The Balaban J connectivity index is 0.000000290. The van der Waals surface area contributed by atoms with E-state index in [0.717, 1.165) is 0 Å². The van der Waals surface area contributed by atoms with E-state index in [0.29, 0.717) is 11.1 Å². The minimum atomic E-state index is -0.566. The molecule has 0 bridgehead atoms. The molecule has 0 unspecified atom stereocenters. The summed E-state index contributed by atoms with van der Waals surface area (Å²) in [6.45, 7) is 9.77. The zero-order valence-corrected chi connectivity index (χ0v) is 20.4. The average molecular weight is 517 g/mol. The highest BCUT2D eigenvalue weighted by molar-refractivity contribution is 5.87. The smallest absolute Gasteiger partial charge is 0.419 e. The number of aliphatic hydroxyl groups is 1. The molecule has 0 fully saturated rings. The van der Waals surface area contributed by atoms with Crippen molar-refractivity contribution >= 4 is 24.1 Å². The van der Waals surface area contributed by atoms with Crippen molar-refractivity contribution in [1.82, 2.24) is 28.7 Å². The Kier molecular flexibility index (Phi) is 13.6. The van der Waals surface area contributed by atoms with Crippen LogP contribution in [0.25, 0.3) is 0 Å². The van der Waals surface area contributed by atoms with Gasteiger partial charge in [0.25, 0.3) is 0 Å². The van der Waals surface area contributed by atoms with E-state index >= 15 is 0 Å². The van der Waals surface area contributed by atoms with Gasteiger partial charge < -0.3 is 19.3 Å². The molecule has 0 aromatic carbocycles. The van der Waals surface area contributed by atoms with Crippen molar-refractivity contribution in [2.45, 2.75) is 13.8 Å². The van der Waals surface area contributed by atoms with E-state index < -0.39 is 18.0 Å². The summed E-state index contributed by atoms with van der Waals surface area (Å²) in [5.41, 5.74) is 0.657. The molecule has 37 heavy (non-hydrogen) atoms. The first-order chi connectivity index (χ1) is 17.7. The first kappa shape index (κ1) is 30.2. The highest BCUT2D eigenvalue weighted by Gasteiger charge is 2.06. The number of hydrogen-bond acceptors (Lipinski definition) is 11. The fourth-order valence-electron chi connectivity index (χ4n) is 1.97. The maximum Gasteiger partial charge on any atom is 0.419 e. The number of carbonyl (C=O) groups is 4. The van der Waals surface area contributed by atoms with Gasteiger partial charge in [-0.15, -0.1) is 0 Å². The lowest BCUT2D eigenvalue weighted by Crippen LogP contribution is -2.17. The lowest BCUT2D eigenvalue weighted by molar-refractivity contribution is -0.140. The number of rotatable bonds is 7. The van der Waals surface area contributed by atoms with Crippen LogP contribution in [0.4, 0.5) is 9.59 Å². The lowest BCUT2D eigenvalue weighted by atomic mass is 10.4. The fourth-order valence-corrected chi connectivity index (χ4v) is 1.97. The Morgan fingerprint density at radius 2 is 1.11 bits per heavy atom. The fraction of sp³-hybridized carbons (Fsp3) is 0.261. The second kappa shape index (κ2) is 16.7. The van der Waals surface area contributed by atoms with E-state index in [9.17, 15) is 19.2 Å². The van der Waals surface area contributed by atoms with Crippen LogP contribution in [0, 0.1) is 0 Å². The number of aliphatic hydroxyl groups excluding tert-OH is 1. The van der Waals surface area contributed by atoms with Gasteiger partial charge in [0.05, 0.1) is 6.61 Å². The van der Waals surface area contributed by atoms with Crippen molar-refractivity contribution in [3.05, 3.63) is 80.5 Å². The SMILES string of the molecule is C=C(C)C(=O)OCCO.C=C(C)C(=O)OCCOC(=O)n1ccnc1.O=C(n1ccnc1)n1ccnc1. The van der Waals surface area contributed by atoms with Crippen LogP contribution in [-0.2, 0) is 23.8 Å². The second-order valence-corrected chi connectivity index (χ2v) is 6.86. The zero-order valence-electron chi connectivity index (χ0n) is 20.4. The first-order valence-corrected chi connectivity index (χ1v) is 10.6. The number of esters is 2. The van der Waals surface area contributed by atoms with E-state index in [2.05, 4.69) is 32.8 Å². The number of aromatic nitrogens is 6. The highest BCUT2D eigenvalue weighted by atomic mass is 16.6. The number of hydrogen-bond donors (Lipinski definition) is 1. The van der Waals surface area contributed by atoms with Crippen LogP contribution in [0.5, 0.6) is 0 Å². The van der Waals surface area contributed by atoms with Crippen LogP contribution in [-0.4, -0.2) is 84.3 Å². The van der Waals surface area contributed by atoms with Crippen molar-refractivity contribution in [2.24, 2.45) is 0 Å². The summed E-state index contributed by atoms with van der Waals surface area (Å²) in [5.74, 6) is -0.956. The van der Waals surface area contributed by atoms with Gasteiger partial charge >= 0.3 is 24.1 Å². The van der Waals surface area contributed by atoms with Gasteiger partial charge in [0, 0.05) is 48.3 Å². The highest BCUT2D eigenvalue weighted by Crippen LogP contribution is 1.94. The Morgan fingerprint density at radius 3 is 1.49 bits per heavy atom. The molecule has 0 saturated carbocycles. The minimum absolute atomic E-state index is 0.00394. The summed E-state index contributed by atoms with van der Waals surface area (Å²) in [4.78, 5) is 55.3. The van der Waals surface area contributed by atoms with Crippen LogP contribution in [0.2, 0.25) is 0 Å². The van der Waals surface area contributed by atoms with Gasteiger partial charge in [-0.1, -0.05) is 13.2 Å². The number of nitrogens with zero attached hydrogens (tertiary/aromatic N) is 6. The van der Waals surface area contributed by atoms with Gasteiger partial charge in [0.2, 0.25) is 0 Å². The molecular formula is C23H28N6O8. The molecule has 3 rings (SSSR count). The predicted molar refractivity (Wildman–Crippen MR) is 128 cm³/mol. The molecule has 0 aliphatic carbocycles. The summed E-state index contributed by atoms with van der Waals surface area (Å²) in [5, 5.41) is 8.19. The maximum absolute atomic E-state index is 11.4. The molecule has 198 valence electrons. The topological polar surface area (TPSA) is 170 Å². The maximum atomic E-state index is 11.4. The Hall–Kier alpha value is -4.85. The standard InChI is InChI=1S/C10H12N2O4.C7H6N4O.C6H10O3/c1-8(2)9(13)15-5-6-16-10(14)12-4-3-11-7-12;12-7(10-3-1-8-5-10)11-4-2-9-6-11;1-5(2)6(8)9-4-3-7/h3-4,7H,1,5-6H2,2H3;1-6H;7H,1,3-4H2,2H3. The third-order valence-corrected chi connectivity index (χ3v) is 3.73. The molecule has 0 aliphatic heterocycles. The molecule has 0 aliphatic rings. The Morgan fingerprint density at radius 1 is 0.703 bits per heavy atom. The summed E-state index contributed by atoms with van der Waals surface area (Å²) in [7, 11) is 0. The molecule has 3 aromatic heterocycles. The van der Waals surface area contributed by atoms with E-state index in [4.69, 9.17) is 14.6 Å². The molecule has 1 N–H and O–H groups in total. The third-order valence-electron chi connectivity index (χ3n) is 3.73. The van der Waals surface area contributed by atoms with Crippen molar-refractivity contribution in [3.63, 3.8) is 0 Å². The summed E-state index contributed by atoms with van der Waals surface area (Å²) >= 11 is 0. The molecule has 3 heterocycles. The van der Waals surface area contributed by atoms with Crippen LogP contribution in [0.15, 0.2) is 80.5 Å². The van der Waals surface area contributed by atoms with Crippen molar-refractivity contribution < 1.29 is 38.5 Å². The van der Waals surface area contributed by atoms with Gasteiger partial charge in [0.1, 0.15) is 38.8 Å². The van der Waals surface area contributed by atoms with Crippen LogP contribution in [0.1, 0.15) is 13.8 Å². The molecule has 0 amide bonds. The normalized spacial score (nSPS) is 9.49. The molecule has 14 nitrogen and oxygen atoms in total. The van der Waals surface area contributed by atoms with Crippen LogP contribution < -0.4 is 0 Å². The Labute approximate surface area is 212 Å². The molecule has 0 saturated heterocycles. The van der Waals surface area contributed by atoms with Gasteiger partial charge in [-0.3, -0.25) is 9.13 Å². The molecule has 0 atom stereocenters. The lowest BCUT2D eigenvalue weighted by Gasteiger charge is -2.05.